The second-order valence-corrected chi connectivity index (χ2v) is 9.03. The molecule has 30 heavy (non-hydrogen) atoms. The molecular formula is C22H22N4O3S. The fourth-order valence-electron chi connectivity index (χ4n) is 4.05. The molecule has 1 unspecified atom stereocenters. The standard InChI is InChI=1S/C22H22N4O3S/c27-20-18-4-2-1-3-17(18)19(23-24-20)12-16-11-15(13-30-16)22(29)26-9-7-25(8-10-26)21(28)14-5-6-14/h1-4,11,13-14,18H,5-10,12H2. The van der Waals surface area contributed by atoms with Gasteiger partial charge in [0.25, 0.3) is 11.8 Å². The van der Waals surface area contributed by atoms with Gasteiger partial charge in [-0.25, -0.2) is 0 Å². The van der Waals surface area contributed by atoms with Crippen molar-refractivity contribution >= 4 is 29.1 Å². The molecule has 1 atom stereocenters. The number of carbonyl (C=O) groups is 3. The van der Waals surface area contributed by atoms with Gasteiger partial charge in [-0.05, 0) is 24.5 Å². The van der Waals surface area contributed by atoms with Crippen LogP contribution in [0.2, 0.25) is 0 Å². The van der Waals surface area contributed by atoms with Crippen molar-refractivity contribution in [1.82, 2.24) is 9.80 Å². The van der Waals surface area contributed by atoms with Crippen molar-refractivity contribution < 1.29 is 14.4 Å². The summed E-state index contributed by atoms with van der Waals surface area (Å²) in [5.74, 6) is -0.107. The molecule has 1 aromatic rings. The van der Waals surface area contributed by atoms with Gasteiger partial charge in [-0.2, -0.15) is 5.11 Å². The number of nitrogens with zero attached hydrogens (tertiary/aromatic N) is 4. The molecule has 3 amide bonds. The molecule has 2 fully saturated rings. The van der Waals surface area contributed by atoms with Crippen LogP contribution in [0, 0.1) is 11.8 Å². The molecule has 3 heterocycles. The van der Waals surface area contributed by atoms with Gasteiger partial charge in [-0.15, -0.1) is 16.5 Å². The highest BCUT2D eigenvalue weighted by molar-refractivity contribution is 7.10. The van der Waals surface area contributed by atoms with Gasteiger partial charge in [0.05, 0.1) is 17.2 Å². The molecule has 1 saturated carbocycles. The van der Waals surface area contributed by atoms with Gasteiger partial charge in [0.2, 0.25) is 5.91 Å². The van der Waals surface area contributed by atoms with Gasteiger partial charge < -0.3 is 9.80 Å². The first-order chi connectivity index (χ1) is 14.6. The zero-order valence-electron chi connectivity index (χ0n) is 16.5. The van der Waals surface area contributed by atoms with E-state index in [2.05, 4.69) is 10.2 Å². The molecule has 7 nitrogen and oxygen atoms in total. The average Bonchev–Trinajstić information content (AvgIpc) is 3.53. The van der Waals surface area contributed by atoms with Crippen molar-refractivity contribution in [3.8, 4) is 0 Å². The number of hydrogen-bond donors (Lipinski definition) is 0. The Hall–Kier alpha value is -2.87. The third-order valence-electron chi connectivity index (χ3n) is 5.94. The summed E-state index contributed by atoms with van der Waals surface area (Å²) in [5, 5.41) is 9.79. The summed E-state index contributed by atoms with van der Waals surface area (Å²) in [6.45, 7) is 2.38. The van der Waals surface area contributed by atoms with Gasteiger partial charge in [-0.3, -0.25) is 14.4 Å². The molecular weight excluding hydrogens is 400 g/mol. The van der Waals surface area contributed by atoms with Gasteiger partial charge >= 0.3 is 0 Å². The van der Waals surface area contributed by atoms with E-state index in [9.17, 15) is 14.4 Å². The topological polar surface area (TPSA) is 82.4 Å². The lowest BCUT2D eigenvalue weighted by atomic mass is 9.90. The predicted molar refractivity (Wildman–Crippen MR) is 112 cm³/mol. The number of piperazine rings is 1. The quantitative estimate of drug-likeness (QED) is 0.748. The second-order valence-electron chi connectivity index (χ2n) is 8.03. The molecule has 5 rings (SSSR count). The molecule has 1 saturated heterocycles. The number of allylic oxidation sites excluding steroid dienone is 4. The van der Waals surface area contributed by atoms with Gasteiger partial charge in [0.15, 0.2) is 0 Å². The summed E-state index contributed by atoms with van der Waals surface area (Å²) in [6.07, 6.45) is 10.1. The van der Waals surface area contributed by atoms with E-state index in [-0.39, 0.29) is 29.6 Å². The van der Waals surface area contributed by atoms with Crippen molar-refractivity contribution in [2.75, 3.05) is 26.2 Å². The highest BCUT2D eigenvalue weighted by Gasteiger charge is 2.35. The Kier molecular flexibility index (Phi) is 4.94. The molecule has 0 bridgehead atoms. The largest absolute Gasteiger partial charge is 0.339 e. The summed E-state index contributed by atoms with van der Waals surface area (Å²) in [6, 6.07) is 1.91. The van der Waals surface area contributed by atoms with Crippen LogP contribution in [-0.4, -0.2) is 53.7 Å². The van der Waals surface area contributed by atoms with Crippen LogP contribution in [0.5, 0.6) is 0 Å². The van der Waals surface area contributed by atoms with E-state index in [4.69, 9.17) is 0 Å². The Balaban J connectivity index is 1.24. The molecule has 4 aliphatic rings. The molecule has 8 heteroatoms. The number of thiophene rings is 1. The van der Waals surface area contributed by atoms with Gasteiger partial charge in [-0.1, -0.05) is 24.3 Å². The van der Waals surface area contributed by atoms with Crippen LogP contribution in [0.15, 0.2) is 57.2 Å². The Morgan fingerprint density at radius 2 is 1.83 bits per heavy atom. The number of rotatable bonds is 4. The monoisotopic (exact) mass is 422 g/mol. The minimum absolute atomic E-state index is 0.00694. The molecule has 0 N–H and O–H groups in total. The minimum Gasteiger partial charge on any atom is -0.339 e. The van der Waals surface area contributed by atoms with Crippen molar-refractivity contribution in [1.29, 1.82) is 0 Å². The van der Waals surface area contributed by atoms with Crippen LogP contribution < -0.4 is 0 Å². The van der Waals surface area contributed by atoms with E-state index < -0.39 is 0 Å². The third kappa shape index (κ3) is 3.67. The second kappa shape index (κ2) is 7.75. The molecule has 1 aromatic heterocycles. The van der Waals surface area contributed by atoms with E-state index in [1.54, 1.807) is 0 Å². The van der Waals surface area contributed by atoms with Crippen molar-refractivity contribution in [2.24, 2.45) is 22.1 Å². The number of hydrogen-bond acceptors (Lipinski definition) is 5. The zero-order chi connectivity index (χ0) is 20.7. The molecule has 2 aliphatic heterocycles. The maximum Gasteiger partial charge on any atom is 0.275 e. The van der Waals surface area contributed by atoms with Crippen LogP contribution in [0.3, 0.4) is 0 Å². The molecule has 0 radical (unpaired) electrons. The van der Waals surface area contributed by atoms with E-state index in [1.165, 1.54) is 11.3 Å². The number of carbonyl (C=O) groups excluding carboxylic acids is 3. The summed E-state index contributed by atoms with van der Waals surface area (Å²) in [5.41, 5.74) is 2.32. The van der Waals surface area contributed by atoms with Gasteiger partial charge in [0.1, 0.15) is 0 Å². The fourth-order valence-corrected chi connectivity index (χ4v) is 4.91. The highest BCUT2D eigenvalue weighted by atomic mass is 32.1. The van der Waals surface area contributed by atoms with Crippen LogP contribution in [0.1, 0.15) is 28.1 Å². The number of amides is 3. The summed E-state index contributed by atoms with van der Waals surface area (Å²) in [4.78, 5) is 41.8. The fraction of sp³-hybridized carbons (Fsp3) is 0.409. The average molecular weight is 423 g/mol. The molecule has 154 valence electrons. The van der Waals surface area contributed by atoms with E-state index in [0.29, 0.717) is 38.2 Å². The van der Waals surface area contributed by atoms with Crippen LogP contribution in [-0.2, 0) is 16.0 Å². The first-order valence-electron chi connectivity index (χ1n) is 10.3. The number of fused-ring (bicyclic) bond motifs is 1. The zero-order valence-corrected chi connectivity index (χ0v) is 17.3. The van der Waals surface area contributed by atoms with Gasteiger partial charge in [0, 0.05) is 48.8 Å². The van der Waals surface area contributed by atoms with Crippen LogP contribution >= 0.6 is 11.3 Å². The molecule has 0 spiro atoms. The third-order valence-corrected chi connectivity index (χ3v) is 6.88. The number of azo groups is 1. The maximum atomic E-state index is 12.9. The summed E-state index contributed by atoms with van der Waals surface area (Å²) in [7, 11) is 0. The Morgan fingerprint density at radius 1 is 1.07 bits per heavy atom. The molecule has 2 aliphatic carbocycles. The summed E-state index contributed by atoms with van der Waals surface area (Å²) >= 11 is 1.52. The maximum absolute atomic E-state index is 12.9. The Morgan fingerprint density at radius 3 is 2.60 bits per heavy atom. The Bertz CT molecular complexity index is 1020. The first-order valence-corrected chi connectivity index (χ1v) is 11.2. The lowest BCUT2D eigenvalue weighted by molar-refractivity contribution is -0.134. The van der Waals surface area contributed by atoms with Crippen LogP contribution in [0.4, 0.5) is 0 Å². The van der Waals surface area contributed by atoms with E-state index >= 15 is 0 Å². The predicted octanol–water partition coefficient (Wildman–Crippen LogP) is 2.97. The minimum atomic E-state index is -0.349. The smallest absolute Gasteiger partial charge is 0.275 e. The lowest BCUT2D eigenvalue weighted by Gasteiger charge is -2.34. The van der Waals surface area contributed by atoms with Crippen molar-refractivity contribution in [2.45, 2.75) is 19.3 Å². The highest BCUT2D eigenvalue weighted by Crippen LogP contribution is 2.32. The van der Waals surface area contributed by atoms with Crippen molar-refractivity contribution in [3.05, 3.63) is 57.5 Å². The normalized spacial score (nSPS) is 23.2. The van der Waals surface area contributed by atoms with Crippen molar-refractivity contribution in [3.63, 3.8) is 0 Å². The lowest BCUT2D eigenvalue weighted by Crippen LogP contribution is -2.51. The SMILES string of the molecule is O=C1N=NC(Cc2cc(C(=O)N3CCN(C(=O)C4CC4)CC3)cs2)=C2C=CC=CC12. The molecule has 0 aromatic carbocycles. The van der Waals surface area contributed by atoms with E-state index in [1.807, 2.05) is 45.6 Å². The Labute approximate surface area is 178 Å². The first kappa shape index (κ1) is 19.1. The van der Waals surface area contributed by atoms with E-state index in [0.717, 1.165) is 29.0 Å². The summed E-state index contributed by atoms with van der Waals surface area (Å²) < 4.78 is 0. The van der Waals surface area contributed by atoms with Crippen LogP contribution in [0.25, 0.3) is 0 Å².